The maximum absolute atomic E-state index is 5.56. The quantitative estimate of drug-likeness (QED) is 0.790. The van der Waals surface area contributed by atoms with Gasteiger partial charge in [0.05, 0.1) is 7.11 Å². The first-order valence-electron chi connectivity index (χ1n) is 8.41. The average molecular weight is 390 g/mol. The molecular weight excluding hydrogens is 366 g/mol. The van der Waals surface area contributed by atoms with Gasteiger partial charge in [-0.25, -0.2) is 4.98 Å². The minimum absolute atomic E-state index is 0.816. The van der Waals surface area contributed by atoms with Gasteiger partial charge in [-0.3, -0.25) is 0 Å². The van der Waals surface area contributed by atoms with E-state index in [1.54, 1.807) is 7.11 Å². The molecule has 1 aromatic heterocycles. The molecule has 1 fully saturated rings. The Bertz CT molecular complexity index is 712. The van der Waals surface area contributed by atoms with Crippen LogP contribution in [0.2, 0.25) is 0 Å². The molecule has 5 heteroatoms. The average Bonchev–Trinajstić information content (AvgIpc) is 2.61. The van der Waals surface area contributed by atoms with Crippen molar-refractivity contribution in [2.75, 3.05) is 44.7 Å². The Morgan fingerprint density at radius 1 is 1.12 bits per heavy atom. The van der Waals surface area contributed by atoms with Gasteiger partial charge in [0, 0.05) is 36.2 Å². The van der Waals surface area contributed by atoms with Gasteiger partial charge in [0.1, 0.15) is 17.3 Å². The van der Waals surface area contributed by atoms with Gasteiger partial charge in [-0.2, -0.15) is 0 Å². The second kappa shape index (κ2) is 7.53. The number of piperazine rings is 1. The van der Waals surface area contributed by atoms with Crippen molar-refractivity contribution >= 4 is 21.7 Å². The molecule has 1 saturated heterocycles. The van der Waals surface area contributed by atoms with E-state index in [2.05, 4.69) is 63.8 Å². The number of benzene rings is 1. The first-order chi connectivity index (χ1) is 11.6. The number of rotatable bonds is 4. The number of aromatic nitrogens is 1. The first-order valence-corrected chi connectivity index (χ1v) is 9.20. The summed E-state index contributed by atoms with van der Waals surface area (Å²) in [6.45, 7) is 9.67. The topological polar surface area (TPSA) is 28.6 Å². The number of hydrogen-bond donors (Lipinski definition) is 0. The van der Waals surface area contributed by atoms with E-state index in [9.17, 15) is 0 Å². The third kappa shape index (κ3) is 3.57. The van der Waals surface area contributed by atoms with Crippen molar-refractivity contribution in [1.29, 1.82) is 0 Å². The van der Waals surface area contributed by atoms with E-state index in [-0.39, 0.29) is 0 Å². The SMILES string of the molecule is CCN1CCN(c2ccc(OC)c(-c3ccc(Br)cc3C)n2)CC1. The van der Waals surface area contributed by atoms with Crippen molar-refractivity contribution in [1.82, 2.24) is 9.88 Å². The summed E-state index contributed by atoms with van der Waals surface area (Å²) >= 11 is 3.53. The highest BCUT2D eigenvalue weighted by atomic mass is 79.9. The number of pyridine rings is 1. The number of likely N-dealkylation sites (N-methyl/N-ethyl adjacent to an activating group) is 1. The Kier molecular flexibility index (Phi) is 5.41. The number of aryl methyl sites for hydroxylation is 1. The lowest BCUT2D eigenvalue weighted by Crippen LogP contribution is -2.46. The predicted octanol–water partition coefficient (Wildman–Crippen LogP) is 3.97. The fourth-order valence-corrected chi connectivity index (χ4v) is 3.63. The maximum atomic E-state index is 5.56. The summed E-state index contributed by atoms with van der Waals surface area (Å²) in [5.74, 6) is 1.85. The maximum Gasteiger partial charge on any atom is 0.145 e. The van der Waals surface area contributed by atoms with Gasteiger partial charge in [0.15, 0.2) is 0 Å². The van der Waals surface area contributed by atoms with Gasteiger partial charge in [-0.05, 0) is 43.3 Å². The smallest absolute Gasteiger partial charge is 0.145 e. The van der Waals surface area contributed by atoms with Crippen LogP contribution in [0, 0.1) is 6.92 Å². The highest BCUT2D eigenvalue weighted by molar-refractivity contribution is 9.10. The zero-order chi connectivity index (χ0) is 17.1. The summed E-state index contributed by atoms with van der Waals surface area (Å²) in [5, 5.41) is 0. The molecule has 0 aliphatic carbocycles. The van der Waals surface area contributed by atoms with Gasteiger partial charge in [-0.15, -0.1) is 0 Å². The molecule has 0 bridgehead atoms. The van der Waals surface area contributed by atoms with Gasteiger partial charge >= 0.3 is 0 Å². The molecule has 128 valence electrons. The van der Waals surface area contributed by atoms with E-state index in [0.717, 1.165) is 60.0 Å². The van der Waals surface area contributed by atoms with E-state index < -0.39 is 0 Å². The van der Waals surface area contributed by atoms with Crippen LogP contribution in [-0.2, 0) is 0 Å². The van der Waals surface area contributed by atoms with Crippen LogP contribution < -0.4 is 9.64 Å². The van der Waals surface area contributed by atoms with Crippen molar-refractivity contribution in [2.24, 2.45) is 0 Å². The molecule has 0 radical (unpaired) electrons. The molecule has 4 nitrogen and oxygen atoms in total. The normalized spacial score (nSPS) is 15.6. The lowest BCUT2D eigenvalue weighted by Gasteiger charge is -2.35. The minimum Gasteiger partial charge on any atom is -0.494 e. The van der Waals surface area contributed by atoms with Crippen LogP contribution in [0.4, 0.5) is 5.82 Å². The van der Waals surface area contributed by atoms with Gasteiger partial charge in [-0.1, -0.05) is 28.9 Å². The van der Waals surface area contributed by atoms with Crippen LogP contribution in [-0.4, -0.2) is 49.7 Å². The largest absolute Gasteiger partial charge is 0.494 e. The van der Waals surface area contributed by atoms with Crippen molar-refractivity contribution in [3.8, 4) is 17.0 Å². The minimum atomic E-state index is 0.816. The van der Waals surface area contributed by atoms with E-state index in [1.165, 1.54) is 5.56 Å². The van der Waals surface area contributed by atoms with Gasteiger partial charge in [0.2, 0.25) is 0 Å². The summed E-state index contributed by atoms with van der Waals surface area (Å²) < 4.78 is 6.64. The Morgan fingerprint density at radius 2 is 1.88 bits per heavy atom. The summed E-state index contributed by atoms with van der Waals surface area (Å²) in [6, 6.07) is 10.4. The van der Waals surface area contributed by atoms with E-state index in [1.807, 2.05) is 6.07 Å². The Labute approximate surface area is 152 Å². The molecule has 3 rings (SSSR count). The number of methoxy groups -OCH3 is 1. The van der Waals surface area contributed by atoms with Crippen LogP contribution in [0.25, 0.3) is 11.3 Å². The molecule has 0 amide bonds. The van der Waals surface area contributed by atoms with Crippen molar-refractivity contribution in [3.63, 3.8) is 0 Å². The molecule has 0 spiro atoms. The molecule has 0 saturated carbocycles. The van der Waals surface area contributed by atoms with Gasteiger partial charge in [0.25, 0.3) is 0 Å². The highest BCUT2D eigenvalue weighted by Gasteiger charge is 2.19. The fraction of sp³-hybridized carbons (Fsp3) is 0.421. The summed E-state index contributed by atoms with van der Waals surface area (Å²) in [5.41, 5.74) is 3.21. The lowest BCUT2D eigenvalue weighted by molar-refractivity contribution is 0.270. The number of hydrogen-bond acceptors (Lipinski definition) is 4. The highest BCUT2D eigenvalue weighted by Crippen LogP contribution is 2.33. The molecule has 0 unspecified atom stereocenters. The van der Waals surface area contributed by atoms with Crippen LogP contribution in [0.1, 0.15) is 12.5 Å². The van der Waals surface area contributed by atoms with E-state index in [0.29, 0.717) is 0 Å². The summed E-state index contributed by atoms with van der Waals surface area (Å²) in [7, 11) is 1.70. The zero-order valence-electron chi connectivity index (χ0n) is 14.6. The van der Waals surface area contributed by atoms with Crippen molar-refractivity contribution in [3.05, 3.63) is 40.4 Å². The predicted molar refractivity (Wildman–Crippen MR) is 103 cm³/mol. The number of anilines is 1. The van der Waals surface area contributed by atoms with E-state index >= 15 is 0 Å². The molecule has 24 heavy (non-hydrogen) atoms. The molecule has 1 aliphatic heterocycles. The third-order valence-electron chi connectivity index (χ3n) is 4.65. The second-order valence-corrected chi connectivity index (χ2v) is 7.02. The number of halogens is 1. The second-order valence-electron chi connectivity index (χ2n) is 6.10. The van der Waals surface area contributed by atoms with Crippen molar-refractivity contribution in [2.45, 2.75) is 13.8 Å². The molecule has 2 aromatic rings. The monoisotopic (exact) mass is 389 g/mol. The summed E-state index contributed by atoms with van der Waals surface area (Å²) in [6.07, 6.45) is 0. The Hall–Kier alpha value is -1.59. The molecule has 1 aliphatic rings. The molecule has 0 N–H and O–H groups in total. The van der Waals surface area contributed by atoms with Crippen LogP contribution in [0.15, 0.2) is 34.8 Å². The Balaban J connectivity index is 1.94. The summed E-state index contributed by atoms with van der Waals surface area (Å²) in [4.78, 5) is 9.78. The number of nitrogens with zero attached hydrogens (tertiary/aromatic N) is 3. The van der Waals surface area contributed by atoms with Crippen LogP contribution >= 0.6 is 15.9 Å². The van der Waals surface area contributed by atoms with Gasteiger partial charge < -0.3 is 14.5 Å². The lowest BCUT2D eigenvalue weighted by atomic mass is 10.0. The molecular formula is C19H24BrN3O. The zero-order valence-corrected chi connectivity index (χ0v) is 16.1. The third-order valence-corrected chi connectivity index (χ3v) is 5.14. The number of ether oxygens (including phenoxy) is 1. The Morgan fingerprint density at radius 3 is 2.50 bits per heavy atom. The standard InChI is InChI=1S/C19H24BrN3O/c1-4-22-9-11-23(12-10-22)18-8-7-17(24-3)19(21-18)16-6-5-15(20)13-14(16)2/h5-8,13H,4,9-12H2,1-3H3. The first kappa shape index (κ1) is 17.2. The van der Waals surface area contributed by atoms with E-state index in [4.69, 9.17) is 9.72 Å². The molecule has 2 heterocycles. The molecule has 0 atom stereocenters. The van der Waals surface area contributed by atoms with Crippen molar-refractivity contribution < 1.29 is 4.74 Å². The fourth-order valence-electron chi connectivity index (χ4n) is 3.16. The van der Waals surface area contributed by atoms with Crippen LogP contribution in [0.5, 0.6) is 5.75 Å². The molecule has 1 aromatic carbocycles. The van der Waals surface area contributed by atoms with Crippen LogP contribution in [0.3, 0.4) is 0 Å².